The van der Waals surface area contributed by atoms with Crippen molar-refractivity contribution in [2.24, 2.45) is 11.8 Å². The molecule has 1 aromatic heterocycles. The van der Waals surface area contributed by atoms with Gasteiger partial charge in [0.2, 0.25) is 0 Å². The van der Waals surface area contributed by atoms with Crippen LogP contribution in [0.5, 0.6) is 0 Å². The van der Waals surface area contributed by atoms with Crippen LogP contribution in [-0.2, 0) is 6.54 Å². The summed E-state index contributed by atoms with van der Waals surface area (Å²) in [6.07, 6.45) is 55.5. The summed E-state index contributed by atoms with van der Waals surface area (Å²) in [5.41, 5.74) is 0. The van der Waals surface area contributed by atoms with Crippen molar-refractivity contribution < 1.29 is 5.11 Å². The Kier molecular flexibility index (Phi) is 38.2. The molecule has 1 rings (SSSR count). The van der Waals surface area contributed by atoms with Crippen molar-refractivity contribution in [3.63, 3.8) is 0 Å². The second-order valence-corrected chi connectivity index (χ2v) is 17.8. The Morgan fingerprint density at radius 3 is 1.22 bits per heavy atom. The van der Waals surface area contributed by atoms with Crippen LogP contribution in [0.4, 0.5) is 0 Å². The highest BCUT2D eigenvalue weighted by atomic mass is 16.3. The first kappa shape index (κ1) is 51.1. The minimum atomic E-state index is -0.188. The van der Waals surface area contributed by atoms with E-state index in [-0.39, 0.29) is 6.10 Å². The number of aryl methyl sites for hydroxylation is 1. The van der Waals surface area contributed by atoms with Crippen LogP contribution < -0.4 is 0 Å². The van der Waals surface area contributed by atoms with Crippen LogP contribution in [-0.4, -0.2) is 45.3 Å². The summed E-state index contributed by atoms with van der Waals surface area (Å²) >= 11 is 0. The van der Waals surface area contributed by atoms with E-state index in [2.05, 4.69) is 48.3 Å². The van der Waals surface area contributed by atoms with Gasteiger partial charge in [-0.15, -0.1) is 0 Å². The van der Waals surface area contributed by atoms with E-state index in [4.69, 9.17) is 0 Å². The second-order valence-electron chi connectivity index (χ2n) is 17.8. The number of unbranched alkanes of at least 4 members (excludes halogenated alkanes) is 22. The van der Waals surface area contributed by atoms with E-state index >= 15 is 0 Å². The molecule has 1 heterocycles. The fourth-order valence-corrected chi connectivity index (χ4v) is 8.88. The number of aliphatic hydroxyl groups is 1. The fourth-order valence-electron chi connectivity index (χ4n) is 8.88. The van der Waals surface area contributed by atoms with Crippen LogP contribution in [0.25, 0.3) is 0 Å². The minimum absolute atomic E-state index is 0.188. The summed E-state index contributed by atoms with van der Waals surface area (Å²) in [6, 6.07) is 0. The van der Waals surface area contributed by atoms with Crippen molar-refractivity contribution in [2.75, 3.05) is 19.6 Å². The first-order chi connectivity index (χ1) is 26.6. The molecule has 0 bridgehead atoms. The summed E-state index contributed by atoms with van der Waals surface area (Å²) in [5.74, 6) is 1.91. The van der Waals surface area contributed by atoms with Crippen LogP contribution >= 0.6 is 0 Å². The Morgan fingerprint density at radius 2 is 0.796 bits per heavy atom. The minimum Gasteiger partial charge on any atom is -0.392 e. The summed E-state index contributed by atoms with van der Waals surface area (Å²) in [4.78, 5) is 6.82. The maximum absolute atomic E-state index is 11.2. The number of rotatable bonds is 44. The van der Waals surface area contributed by atoms with Crippen LogP contribution in [0.1, 0.15) is 259 Å². The zero-order valence-corrected chi connectivity index (χ0v) is 37.5. The van der Waals surface area contributed by atoms with Crippen LogP contribution in [0, 0.1) is 11.8 Å². The van der Waals surface area contributed by atoms with Gasteiger partial charge in [-0.05, 0) is 44.2 Å². The van der Waals surface area contributed by atoms with Gasteiger partial charge in [-0.3, -0.25) is 0 Å². The maximum atomic E-state index is 11.2. The normalized spacial score (nSPS) is 13.6. The molecule has 0 aliphatic heterocycles. The molecule has 0 aromatic carbocycles. The Labute approximate surface area is 340 Å². The molecule has 4 nitrogen and oxygen atoms in total. The molecule has 54 heavy (non-hydrogen) atoms. The van der Waals surface area contributed by atoms with Gasteiger partial charge in [-0.25, -0.2) is 4.98 Å². The van der Waals surface area contributed by atoms with Crippen molar-refractivity contribution in [1.82, 2.24) is 14.5 Å². The average molecular weight is 758 g/mol. The second kappa shape index (κ2) is 40.3. The number of nitrogens with zero attached hydrogens (tertiary/aromatic N) is 3. The van der Waals surface area contributed by atoms with E-state index in [1.165, 1.54) is 218 Å². The van der Waals surface area contributed by atoms with Gasteiger partial charge in [-0.2, -0.15) is 0 Å². The van der Waals surface area contributed by atoms with Crippen LogP contribution in [0.2, 0.25) is 0 Å². The van der Waals surface area contributed by atoms with Crippen molar-refractivity contribution in [3.05, 3.63) is 18.7 Å². The Hall–Kier alpha value is -0.870. The maximum Gasteiger partial charge on any atom is 0.0945 e. The van der Waals surface area contributed by atoms with E-state index in [1.807, 2.05) is 12.5 Å². The molecule has 0 saturated carbocycles. The molecule has 1 aromatic rings. The highest BCUT2D eigenvalue weighted by molar-refractivity contribution is 4.75. The zero-order valence-electron chi connectivity index (χ0n) is 37.5. The van der Waals surface area contributed by atoms with E-state index in [0.717, 1.165) is 50.9 Å². The predicted octanol–water partition coefficient (Wildman–Crippen LogP) is 15.9. The molecule has 0 radical (unpaired) electrons. The topological polar surface area (TPSA) is 41.3 Å². The van der Waals surface area contributed by atoms with E-state index in [1.54, 1.807) is 0 Å². The van der Waals surface area contributed by atoms with Crippen LogP contribution in [0.3, 0.4) is 0 Å². The first-order valence-corrected chi connectivity index (χ1v) is 25.0. The third-order valence-electron chi connectivity index (χ3n) is 12.5. The SMILES string of the molecule is CCCCCCCCC(CCCCCC)CCCCCCCN(CCCn1ccnc1)CC(O)CCCCCC(CCCCCC)CCCCCCCC. The standard InChI is InChI=1S/C50H99N3O/c1-5-9-13-17-20-27-36-48(34-25-15-11-7-3)38-29-22-19-23-32-42-52(43-33-44-53-45-41-51-47-53)46-50(54)40-31-24-30-39-49(35-26-16-12-8-4)37-28-21-18-14-10-6-2/h41,45,47-50,54H,5-40,42-44,46H2,1-4H3. The molecular weight excluding hydrogens is 659 g/mol. The molecule has 1 N–H and O–H groups in total. The molecule has 0 fully saturated rings. The Bertz CT molecular complexity index is 828. The monoisotopic (exact) mass is 758 g/mol. The lowest BCUT2D eigenvalue weighted by molar-refractivity contribution is 0.100. The average Bonchev–Trinajstić information content (AvgIpc) is 3.70. The Morgan fingerprint density at radius 1 is 0.444 bits per heavy atom. The number of hydrogen-bond donors (Lipinski definition) is 1. The Balaban J connectivity index is 2.40. The van der Waals surface area contributed by atoms with Crippen molar-refractivity contribution in [2.45, 2.75) is 271 Å². The highest BCUT2D eigenvalue weighted by Gasteiger charge is 2.14. The van der Waals surface area contributed by atoms with E-state index < -0.39 is 0 Å². The van der Waals surface area contributed by atoms with Gasteiger partial charge in [0.15, 0.2) is 0 Å². The van der Waals surface area contributed by atoms with Gasteiger partial charge < -0.3 is 14.6 Å². The number of aliphatic hydroxyl groups excluding tert-OH is 1. The number of imidazole rings is 1. The predicted molar refractivity (Wildman–Crippen MR) is 241 cm³/mol. The summed E-state index contributed by atoms with van der Waals surface area (Å²) in [6.45, 7) is 13.4. The third-order valence-corrected chi connectivity index (χ3v) is 12.5. The molecule has 0 saturated heterocycles. The molecular formula is C50H99N3O. The molecule has 0 spiro atoms. The van der Waals surface area contributed by atoms with Gasteiger partial charge in [0.05, 0.1) is 12.4 Å². The quantitative estimate of drug-likeness (QED) is 0.0674. The smallest absolute Gasteiger partial charge is 0.0945 e. The largest absolute Gasteiger partial charge is 0.392 e. The highest BCUT2D eigenvalue weighted by Crippen LogP contribution is 2.26. The van der Waals surface area contributed by atoms with E-state index in [0.29, 0.717) is 0 Å². The van der Waals surface area contributed by atoms with Crippen molar-refractivity contribution >= 4 is 0 Å². The summed E-state index contributed by atoms with van der Waals surface area (Å²) in [7, 11) is 0. The molecule has 0 amide bonds. The van der Waals surface area contributed by atoms with Gasteiger partial charge in [0.1, 0.15) is 0 Å². The lowest BCUT2D eigenvalue weighted by Gasteiger charge is -2.25. The molecule has 4 heteroatoms. The first-order valence-electron chi connectivity index (χ1n) is 25.0. The third kappa shape index (κ3) is 33.3. The zero-order chi connectivity index (χ0) is 39.0. The van der Waals surface area contributed by atoms with Crippen LogP contribution in [0.15, 0.2) is 18.7 Å². The molecule has 0 aliphatic rings. The fraction of sp³-hybridized carbons (Fsp3) is 0.940. The lowest BCUT2D eigenvalue weighted by Crippen LogP contribution is -2.34. The van der Waals surface area contributed by atoms with Gasteiger partial charge >= 0.3 is 0 Å². The summed E-state index contributed by atoms with van der Waals surface area (Å²) in [5, 5.41) is 11.2. The number of aromatic nitrogens is 2. The van der Waals surface area contributed by atoms with Crippen molar-refractivity contribution in [1.29, 1.82) is 0 Å². The van der Waals surface area contributed by atoms with Gasteiger partial charge in [0.25, 0.3) is 0 Å². The summed E-state index contributed by atoms with van der Waals surface area (Å²) < 4.78 is 2.20. The lowest BCUT2D eigenvalue weighted by atomic mass is 9.89. The molecule has 0 aliphatic carbocycles. The van der Waals surface area contributed by atoms with Crippen molar-refractivity contribution in [3.8, 4) is 0 Å². The van der Waals surface area contributed by atoms with E-state index in [9.17, 15) is 5.11 Å². The van der Waals surface area contributed by atoms with Gasteiger partial charge in [-0.1, -0.05) is 240 Å². The molecule has 3 atom stereocenters. The molecule has 320 valence electrons. The number of hydrogen-bond acceptors (Lipinski definition) is 3. The molecule has 3 unspecified atom stereocenters. The van der Waals surface area contributed by atoms with Gasteiger partial charge in [0, 0.05) is 25.5 Å².